The molecule has 4 heteroatoms. The van der Waals surface area contributed by atoms with Crippen molar-refractivity contribution in [3.63, 3.8) is 0 Å². The summed E-state index contributed by atoms with van der Waals surface area (Å²) in [6.45, 7) is 0.741. The van der Waals surface area contributed by atoms with Crippen molar-refractivity contribution >= 4 is 11.5 Å². The zero-order chi connectivity index (χ0) is 13.2. The standard InChI is InChI=1S/C15H17N3O/c1-18(2)12-7-5-11(6-8-12)14-10-17-15-13(19-14)4-3-9-16-15/h3-9,14H,10H2,1-2H3,(H,16,17). The first-order valence-electron chi connectivity index (χ1n) is 6.37. The Labute approximate surface area is 113 Å². The van der Waals surface area contributed by atoms with E-state index < -0.39 is 0 Å². The van der Waals surface area contributed by atoms with Crippen molar-refractivity contribution < 1.29 is 4.74 Å². The Morgan fingerprint density at radius 3 is 2.74 bits per heavy atom. The van der Waals surface area contributed by atoms with Gasteiger partial charge in [-0.3, -0.25) is 0 Å². The maximum Gasteiger partial charge on any atom is 0.168 e. The van der Waals surface area contributed by atoms with Gasteiger partial charge in [-0.2, -0.15) is 0 Å². The maximum atomic E-state index is 5.98. The minimum Gasteiger partial charge on any atom is -0.480 e. The Balaban J connectivity index is 1.81. The van der Waals surface area contributed by atoms with Gasteiger partial charge in [-0.1, -0.05) is 12.1 Å². The van der Waals surface area contributed by atoms with Gasteiger partial charge in [0.25, 0.3) is 0 Å². The van der Waals surface area contributed by atoms with Crippen molar-refractivity contribution in [3.05, 3.63) is 48.2 Å². The van der Waals surface area contributed by atoms with E-state index in [0.717, 1.165) is 18.1 Å². The molecule has 0 saturated heterocycles. The summed E-state index contributed by atoms with van der Waals surface area (Å²) in [4.78, 5) is 6.33. The van der Waals surface area contributed by atoms with E-state index in [1.54, 1.807) is 6.20 Å². The lowest BCUT2D eigenvalue weighted by atomic mass is 10.1. The van der Waals surface area contributed by atoms with Gasteiger partial charge >= 0.3 is 0 Å². The number of hydrogen-bond acceptors (Lipinski definition) is 4. The quantitative estimate of drug-likeness (QED) is 0.895. The normalized spacial score (nSPS) is 17.1. The summed E-state index contributed by atoms with van der Waals surface area (Å²) in [5.41, 5.74) is 2.36. The van der Waals surface area contributed by atoms with Crippen LogP contribution >= 0.6 is 0 Å². The van der Waals surface area contributed by atoms with Gasteiger partial charge in [-0.05, 0) is 29.8 Å². The van der Waals surface area contributed by atoms with Crippen LogP contribution in [0.1, 0.15) is 11.7 Å². The van der Waals surface area contributed by atoms with E-state index in [2.05, 4.69) is 39.5 Å². The average molecular weight is 255 g/mol. The lowest BCUT2D eigenvalue weighted by molar-refractivity contribution is 0.209. The molecule has 0 radical (unpaired) electrons. The van der Waals surface area contributed by atoms with Crippen LogP contribution in [-0.2, 0) is 0 Å². The minimum absolute atomic E-state index is 0.0351. The van der Waals surface area contributed by atoms with Crippen LogP contribution in [0.15, 0.2) is 42.6 Å². The molecule has 0 amide bonds. The molecule has 1 aromatic heterocycles. The molecule has 0 bridgehead atoms. The second-order valence-electron chi connectivity index (χ2n) is 4.82. The summed E-state index contributed by atoms with van der Waals surface area (Å²) in [6.07, 6.45) is 1.80. The first-order valence-corrected chi connectivity index (χ1v) is 6.37. The monoisotopic (exact) mass is 255 g/mol. The minimum atomic E-state index is 0.0351. The van der Waals surface area contributed by atoms with E-state index in [1.165, 1.54) is 11.3 Å². The molecule has 0 spiro atoms. The molecule has 98 valence electrons. The molecule has 3 rings (SSSR count). The molecule has 1 aliphatic heterocycles. The molecule has 1 aliphatic rings. The fourth-order valence-corrected chi connectivity index (χ4v) is 2.18. The molecule has 2 aromatic rings. The van der Waals surface area contributed by atoms with Crippen molar-refractivity contribution in [1.29, 1.82) is 0 Å². The van der Waals surface area contributed by atoms with Gasteiger partial charge < -0.3 is 15.0 Å². The van der Waals surface area contributed by atoms with Crippen molar-refractivity contribution in [2.45, 2.75) is 6.10 Å². The number of benzene rings is 1. The second kappa shape index (κ2) is 4.80. The van der Waals surface area contributed by atoms with Gasteiger partial charge in [0.1, 0.15) is 6.10 Å². The smallest absolute Gasteiger partial charge is 0.168 e. The van der Waals surface area contributed by atoms with Gasteiger partial charge in [-0.15, -0.1) is 0 Å². The van der Waals surface area contributed by atoms with Crippen molar-refractivity contribution in [2.75, 3.05) is 30.9 Å². The molecule has 2 heterocycles. The zero-order valence-corrected chi connectivity index (χ0v) is 11.1. The third kappa shape index (κ3) is 2.34. The van der Waals surface area contributed by atoms with E-state index in [0.29, 0.717) is 0 Å². The molecule has 4 nitrogen and oxygen atoms in total. The highest BCUT2D eigenvalue weighted by atomic mass is 16.5. The molecule has 0 aliphatic carbocycles. The van der Waals surface area contributed by atoms with Gasteiger partial charge in [0.05, 0.1) is 6.54 Å². The van der Waals surface area contributed by atoms with Crippen molar-refractivity contribution in [1.82, 2.24) is 4.98 Å². The number of aromatic nitrogens is 1. The molecular weight excluding hydrogens is 238 g/mol. The third-order valence-electron chi connectivity index (χ3n) is 3.28. The van der Waals surface area contributed by atoms with E-state index in [-0.39, 0.29) is 6.10 Å². The SMILES string of the molecule is CN(C)c1ccc(C2CNc3ncccc3O2)cc1. The van der Waals surface area contributed by atoms with Gasteiger partial charge in [0, 0.05) is 26.0 Å². The molecular formula is C15H17N3O. The van der Waals surface area contributed by atoms with Crippen LogP contribution in [0, 0.1) is 0 Å². The van der Waals surface area contributed by atoms with Crippen LogP contribution in [0.3, 0.4) is 0 Å². The van der Waals surface area contributed by atoms with E-state index in [4.69, 9.17) is 4.74 Å². The Bertz CT molecular complexity index is 566. The Hall–Kier alpha value is -2.23. The topological polar surface area (TPSA) is 37.4 Å². The first kappa shape index (κ1) is 11.8. The summed E-state index contributed by atoms with van der Waals surface area (Å²) in [6, 6.07) is 12.3. The van der Waals surface area contributed by atoms with Crippen LogP contribution in [0.4, 0.5) is 11.5 Å². The van der Waals surface area contributed by atoms with E-state index in [9.17, 15) is 0 Å². The Kier molecular flexibility index (Phi) is 2.99. The van der Waals surface area contributed by atoms with Crippen LogP contribution in [0.25, 0.3) is 0 Å². The van der Waals surface area contributed by atoms with E-state index >= 15 is 0 Å². The number of hydrogen-bond donors (Lipinski definition) is 1. The highest BCUT2D eigenvalue weighted by molar-refractivity contribution is 5.53. The number of pyridine rings is 1. The van der Waals surface area contributed by atoms with Gasteiger partial charge in [0.2, 0.25) is 0 Å². The number of fused-ring (bicyclic) bond motifs is 1. The fraction of sp³-hybridized carbons (Fsp3) is 0.267. The molecule has 1 unspecified atom stereocenters. The molecule has 0 fully saturated rings. The summed E-state index contributed by atoms with van der Waals surface area (Å²) in [5, 5.41) is 3.30. The highest BCUT2D eigenvalue weighted by Gasteiger charge is 2.21. The maximum absolute atomic E-state index is 5.98. The molecule has 1 atom stereocenters. The number of rotatable bonds is 2. The average Bonchev–Trinajstić information content (AvgIpc) is 2.47. The predicted octanol–water partition coefficient (Wildman–Crippen LogP) is 2.69. The van der Waals surface area contributed by atoms with Crippen LogP contribution in [0.2, 0.25) is 0 Å². The largest absolute Gasteiger partial charge is 0.480 e. The lowest BCUT2D eigenvalue weighted by Gasteiger charge is -2.27. The predicted molar refractivity (Wildman–Crippen MR) is 76.9 cm³/mol. The summed E-state index contributed by atoms with van der Waals surface area (Å²) >= 11 is 0. The van der Waals surface area contributed by atoms with Gasteiger partial charge in [-0.25, -0.2) is 4.98 Å². The van der Waals surface area contributed by atoms with Gasteiger partial charge in [0.15, 0.2) is 11.6 Å². The molecule has 19 heavy (non-hydrogen) atoms. The third-order valence-corrected chi connectivity index (χ3v) is 3.28. The van der Waals surface area contributed by atoms with Crippen molar-refractivity contribution in [2.24, 2.45) is 0 Å². The summed E-state index contributed by atoms with van der Waals surface area (Å²) in [7, 11) is 4.07. The Morgan fingerprint density at radius 1 is 1.21 bits per heavy atom. The van der Waals surface area contributed by atoms with Crippen molar-refractivity contribution in [3.8, 4) is 5.75 Å². The van der Waals surface area contributed by atoms with Crippen LogP contribution in [0.5, 0.6) is 5.75 Å². The van der Waals surface area contributed by atoms with Crippen LogP contribution in [-0.4, -0.2) is 25.6 Å². The summed E-state index contributed by atoms with van der Waals surface area (Å²) < 4.78 is 5.98. The molecule has 1 N–H and O–H groups in total. The zero-order valence-electron chi connectivity index (χ0n) is 11.1. The molecule has 1 aromatic carbocycles. The first-order chi connectivity index (χ1) is 9.24. The highest BCUT2D eigenvalue weighted by Crippen LogP contribution is 2.32. The number of nitrogens with zero attached hydrogens (tertiary/aromatic N) is 2. The molecule has 0 saturated carbocycles. The Morgan fingerprint density at radius 2 is 2.00 bits per heavy atom. The fourth-order valence-electron chi connectivity index (χ4n) is 2.18. The number of anilines is 2. The number of nitrogens with one attached hydrogen (secondary N) is 1. The number of ether oxygens (including phenoxy) is 1. The van der Waals surface area contributed by atoms with Crippen LogP contribution < -0.4 is 15.0 Å². The second-order valence-corrected chi connectivity index (χ2v) is 4.82. The van der Waals surface area contributed by atoms with E-state index in [1.807, 2.05) is 26.2 Å². The lowest BCUT2D eigenvalue weighted by Crippen LogP contribution is -2.24. The summed E-state index contributed by atoms with van der Waals surface area (Å²) in [5.74, 6) is 1.64.